The van der Waals surface area contributed by atoms with Crippen molar-refractivity contribution in [3.8, 4) is 0 Å². The Kier molecular flexibility index (Phi) is 6.15. The summed E-state index contributed by atoms with van der Waals surface area (Å²) in [7, 11) is 0. The first-order valence-corrected chi connectivity index (χ1v) is 10.6. The summed E-state index contributed by atoms with van der Waals surface area (Å²) in [6, 6.07) is 23.7. The number of para-hydroxylation sites is 1. The second-order valence-corrected chi connectivity index (χ2v) is 7.90. The fourth-order valence-electron chi connectivity index (χ4n) is 4.06. The Balaban J connectivity index is 1.82. The lowest BCUT2D eigenvalue weighted by atomic mass is 9.88. The monoisotopic (exact) mass is 439 g/mol. The van der Waals surface area contributed by atoms with E-state index in [1.165, 1.54) is 11.1 Å². The number of ketones is 1. The molecule has 0 saturated heterocycles. The van der Waals surface area contributed by atoms with Gasteiger partial charge in [0.15, 0.2) is 5.66 Å². The van der Waals surface area contributed by atoms with Crippen LogP contribution in [-0.4, -0.2) is 35.1 Å². The van der Waals surface area contributed by atoms with Crippen LogP contribution in [0.1, 0.15) is 34.0 Å². The standard InChI is InChI=1S/C26H25N5O2/c1-18-25(33)31(16-15-19-7-3-2-4-8-19)26(27,22-9-5-6-10-23(22)30-18)24(32)21-13-11-20(12-14-21)17-29-28/h2-14,17H,15-16,27-28H2,1H3. The number of nitrogens with zero attached hydrogens (tertiary/aromatic N) is 3. The molecule has 0 fully saturated rings. The molecule has 0 saturated carbocycles. The summed E-state index contributed by atoms with van der Waals surface area (Å²) in [4.78, 5) is 33.4. The van der Waals surface area contributed by atoms with Gasteiger partial charge in [0.05, 0.1) is 11.9 Å². The highest BCUT2D eigenvalue weighted by atomic mass is 16.2. The fourth-order valence-corrected chi connectivity index (χ4v) is 4.06. The summed E-state index contributed by atoms with van der Waals surface area (Å²) in [5, 5.41) is 3.51. The van der Waals surface area contributed by atoms with Crippen molar-refractivity contribution in [2.24, 2.45) is 21.7 Å². The lowest BCUT2D eigenvalue weighted by molar-refractivity contribution is -0.128. The van der Waals surface area contributed by atoms with Crippen molar-refractivity contribution in [3.05, 3.63) is 101 Å². The molecule has 1 amide bonds. The molecule has 0 radical (unpaired) electrons. The van der Waals surface area contributed by atoms with E-state index < -0.39 is 11.4 Å². The number of carbonyl (C=O) groups is 2. The predicted octanol–water partition coefficient (Wildman–Crippen LogP) is 3.15. The molecule has 0 aliphatic carbocycles. The number of benzene rings is 3. The van der Waals surface area contributed by atoms with Crippen LogP contribution in [0.4, 0.5) is 5.69 Å². The lowest BCUT2D eigenvalue weighted by Gasteiger charge is -2.39. The summed E-state index contributed by atoms with van der Waals surface area (Å²) in [5.41, 5.74) is 8.65. The van der Waals surface area contributed by atoms with Gasteiger partial charge in [-0.05, 0) is 30.5 Å². The van der Waals surface area contributed by atoms with Crippen LogP contribution in [0.15, 0.2) is 89.0 Å². The smallest absolute Gasteiger partial charge is 0.270 e. The Bertz CT molecular complexity index is 1240. The topological polar surface area (TPSA) is 114 Å². The van der Waals surface area contributed by atoms with Crippen LogP contribution in [0.2, 0.25) is 0 Å². The third kappa shape index (κ3) is 4.18. The maximum atomic E-state index is 14.0. The minimum Gasteiger partial charge on any atom is -0.323 e. The van der Waals surface area contributed by atoms with E-state index in [9.17, 15) is 9.59 Å². The molecule has 7 heteroatoms. The zero-order chi connectivity index (χ0) is 23.4. The summed E-state index contributed by atoms with van der Waals surface area (Å²) in [5.74, 6) is 4.46. The first-order chi connectivity index (χ1) is 15.9. The van der Waals surface area contributed by atoms with Gasteiger partial charge < -0.3 is 10.7 Å². The SMILES string of the molecule is CC1=Nc2ccccc2C(N)(C(=O)c2ccc(C=NN)cc2)N(CCc2ccccc2)C1=O. The maximum Gasteiger partial charge on any atom is 0.270 e. The molecule has 7 nitrogen and oxygen atoms in total. The third-order valence-electron chi connectivity index (χ3n) is 5.79. The van der Waals surface area contributed by atoms with Gasteiger partial charge in [-0.2, -0.15) is 5.10 Å². The quantitative estimate of drug-likeness (QED) is 0.266. The Hall–Kier alpha value is -4.10. The van der Waals surface area contributed by atoms with Crippen LogP contribution in [0.25, 0.3) is 0 Å². The van der Waals surface area contributed by atoms with E-state index in [-0.39, 0.29) is 18.2 Å². The summed E-state index contributed by atoms with van der Waals surface area (Å²) in [6.45, 7) is 1.90. The highest BCUT2D eigenvalue weighted by Gasteiger charge is 2.48. The Morgan fingerprint density at radius 1 is 1.03 bits per heavy atom. The number of hydrogen-bond donors (Lipinski definition) is 2. The number of fused-ring (bicyclic) bond motifs is 1. The molecular weight excluding hydrogens is 414 g/mol. The van der Waals surface area contributed by atoms with E-state index in [0.717, 1.165) is 11.1 Å². The molecule has 4 rings (SSSR count). The molecule has 1 unspecified atom stereocenters. The minimum absolute atomic E-state index is 0.254. The number of nitrogens with two attached hydrogens (primary N) is 2. The second-order valence-electron chi connectivity index (χ2n) is 7.90. The predicted molar refractivity (Wildman–Crippen MR) is 129 cm³/mol. The maximum absolute atomic E-state index is 14.0. The van der Waals surface area contributed by atoms with Crippen molar-refractivity contribution in [3.63, 3.8) is 0 Å². The molecule has 33 heavy (non-hydrogen) atoms. The van der Waals surface area contributed by atoms with Gasteiger partial charge in [0.1, 0.15) is 5.71 Å². The van der Waals surface area contributed by atoms with Crippen LogP contribution < -0.4 is 11.6 Å². The second kappa shape index (κ2) is 9.18. The minimum atomic E-state index is -1.73. The molecule has 1 heterocycles. The van der Waals surface area contributed by atoms with Crippen LogP contribution in [-0.2, 0) is 16.9 Å². The van der Waals surface area contributed by atoms with E-state index in [2.05, 4.69) is 10.1 Å². The van der Waals surface area contributed by atoms with E-state index >= 15 is 0 Å². The Labute approximate surface area is 192 Å². The average molecular weight is 440 g/mol. The molecule has 3 aromatic rings. The Morgan fingerprint density at radius 3 is 2.39 bits per heavy atom. The zero-order valence-corrected chi connectivity index (χ0v) is 18.3. The number of carbonyl (C=O) groups excluding carboxylic acids is 2. The lowest BCUT2D eigenvalue weighted by Crippen LogP contribution is -2.61. The van der Waals surface area contributed by atoms with Gasteiger partial charge in [0, 0.05) is 17.7 Å². The number of amides is 1. The molecule has 1 atom stereocenters. The fraction of sp³-hybridized carbons (Fsp3) is 0.154. The first kappa shape index (κ1) is 22.1. The van der Waals surface area contributed by atoms with E-state index in [1.807, 2.05) is 36.4 Å². The highest BCUT2D eigenvalue weighted by Crippen LogP contribution is 2.37. The molecular formula is C26H25N5O2. The molecule has 3 aromatic carbocycles. The normalized spacial score (nSPS) is 18.1. The van der Waals surface area contributed by atoms with E-state index in [1.54, 1.807) is 49.4 Å². The largest absolute Gasteiger partial charge is 0.323 e. The van der Waals surface area contributed by atoms with Gasteiger partial charge >= 0.3 is 0 Å². The summed E-state index contributed by atoms with van der Waals surface area (Å²) in [6.07, 6.45) is 2.03. The van der Waals surface area contributed by atoms with E-state index in [4.69, 9.17) is 11.6 Å². The molecule has 1 aliphatic rings. The van der Waals surface area contributed by atoms with Gasteiger partial charge in [-0.1, -0.05) is 72.8 Å². The third-order valence-corrected chi connectivity index (χ3v) is 5.79. The zero-order valence-electron chi connectivity index (χ0n) is 18.3. The summed E-state index contributed by atoms with van der Waals surface area (Å²) < 4.78 is 0. The molecule has 166 valence electrons. The molecule has 0 aromatic heterocycles. The van der Waals surface area contributed by atoms with Crippen molar-refractivity contribution in [1.29, 1.82) is 0 Å². The molecule has 4 N–H and O–H groups in total. The van der Waals surface area contributed by atoms with Crippen LogP contribution in [0, 0.1) is 0 Å². The van der Waals surface area contributed by atoms with Crippen molar-refractivity contribution in [2.45, 2.75) is 19.0 Å². The van der Waals surface area contributed by atoms with Crippen molar-refractivity contribution in [1.82, 2.24) is 4.90 Å². The number of aliphatic imine (C=N–C) groups is 1. The molecule has 1 aliphatic heterocycles. The van der Waals surface area contributed by atoms with Gasteiger partial charge in [-0.3, -0.25) is 15.3 Å². The van der Waals surface area contributed by atoms with Crippen LogP contribution in [0.3, 0.4) is 0 Å². The number of rotatable bonds is 6. The molecule has 0 bridgehead atoms. The Morgan fingerprint density at radius 2 is 1.70 bits per heavy atom. The van der Waals surface area contributed by atoms with Gasteiger partial charge in [0.25, 0.3) is 5.91 Å². The number of hydrogen-bond acceptors (Lipinski definition) is 6. The average Bonchev–Trinajstić information content (AvgIpc) is 2.92. The van der Waals surface area contributed by atoms with Crippen molar-refractivity contribution >= 4 is 29.3 Å². The number of hydrazone groups is 1. The summed E-state index contributed by atoms with van der Waals surface area (Å²) >= 11 is 0. The van der Waals surface area contributed by atoms with Crippen molar-refractivity contribution < 1.29 is 9.59 Å². The highest BCUT2D eigenvalue weighted by molar-refractivity contribution is 6.39. The van der Waals surface area contributed by atoms with Crippen LogP contribution in [0.5, 0.6) is 0 Å². The molecule has 0 spiro atoms. The van der Waals surface area contributed by atoms with Gasteiger partial charge in [-0.15, -0.1) is 0 Å². The van der Waals surface area contributed by atoms with Crippen molar-refractivity contribution in [2.75, 3.05) is 6.54 Å². The first-order valence-electron chi connectivity index (χ1n) is 10.6. The van der Waals surface area contributed by atoms with Crippen LogP contribution >= 0.6 is 0 Å². The van der Waals surface area contributed by atoms with E-state index in [0.29, 0.717) is 23.2 Å². The van der Waals surface area contributed by atoms with Gasteiger partial charge in [0.2, 0.25) is 5.78 Å². The number of Topliss-reactive ketones (excluding diaryl/α,β-unsaturated/α-hetero) is 1. The van der Waals surface area contributed by atoms with Gasteiger partial charge in [-0.25, -0.2) is 4.99 Å².